The maximum absolute atomic E-state index is 3.51. The molecule has 1 unspecified atom stereocenters. The summed E-state index contributed by atoms with van der Waals surface area (Å²) in [5.41, 5.74) is 0. The molecule has 35 valence electrons. The molecule has 0 saturated heterocycles. The van der Waals surface area contributed by atoms with Crippen LogP contribution in [0.25, 0.3) is 0 Å². The lowest BCUT2D eigenvalue weighted by molar-refractivity contribution is 0.921. The highest BCUT2D eigenvalue weighted by molar-refractivity contribution is 9.09. The Bertz CT molecular complexity index is 37.2. The van der Waals surface area contributed by atoms with Gasteiger partial charge in [-0.2, -0.15) is 0 Å². The van der Waals surface area contributed by atoms with E-state index in [9.17, 15) is 0 Å². The minimum Gasteiger partial charge on any atom is -0.0891 e. The normalized spacial score (nSPS) is 25.5. The highest BCUT2D eigenvalue weighted by atomic mass is 79.9. The van der Waals surface area contributed by atoms with E-state index < -0.39 is 0 Å². The van der Waals surface area contributed by atoms with Crippen molar-refractivity contribution in [3.63, 3.8) is 0 Å². The summed E-state index contributed by atoms with van der Waals surface area (Å²) in [5.74, 6) is 0. The summed E-state index contributed by atoms with van der Waals surface area (Å²) in [4.78, 5) is 0.803. The van der Waals surface area contributed by atoms with E-state index in [0.29, 0.717) is 0 Å². The van der Waals surface area contributed by atoms with Crippen LogP contribution in [-0.4, -0.2) is 4.83 Å². The Morgan fingerprint density at radius 3 is 2.67 bits per heavy atom. The van der Waals surface area contributed by atoms with Crippen LogP contribution >= 0.6 is 15.9 Å². The van der Waals surface area contributed by atoms with Gasteiger partial charge in [-0.1, -0.05) is 15.9 Å². The Morgan fingerprint density at radius 2 is 2.50 bits per heavy atom. The summed E-state index contributed by atoms with van der Waals surface area (Å²) in [7, 11) is 0. The van der Waals surface area contributed by atoms with Gasteiger partial charge >= 0.3 is 0 Å². The number of hydrogen-bond acceptors (Lipinski definition) is 0. The molecule has 0 aromatic heterocycles. The molecule has 0 aromatic carbocycles. The van der Waals surface area contributed by atoms with Gasteiger partial charge in [-0.25, -0.2) is 0 Å². The van der Waals surface area contributed by atoms with Crippen LogP contribution in [0.2, 0.25) is 0 Å². The first-order valence-corrected chi connectivity index (χ1v) is 3.27. The molecule has 1 saturated carbocycles. The first-order valence-electron chi connectivity index (χ1n) is 2.35. The first kappa shape index (κ1) is 4.63. The fraction of sp³-hybridized carbons (Fsp3) is 0.800. The van der Waals surface area contributed by atoms with Gasteiger partial charge in [0.1, 0.15) is 0 Å². The van der Waals surface area contributed by atoms with Gasteiger partial charge in [-0.15, -0.1) is 0 Å². The van der Waals surface area contributed by atoms with Crippen LogP contribution in [0.1, 0.15) is 19.3 Å². The average molecular weight is 148 g/mol. The second-order valence-corrected chi connectivity index (χ2v) is 2.99. The number of hydrogen-bond donors (Lipinski definition) is 0. The Labute approximate surface area is 47.1 Å². The Kier molecular flexibility index (Phi) is 1.52. The van der Waals surface area contributed by atoms with Crippen molar-refractivity contribution in [2.24, 2.45) is 0 Å². The molecule has 1 aliphatic carbocycles. The van der Waals surface area contributed by atoms with Gasteiger partial charge in [-0.3, -0.25) is 0 Å². The molecule has 6 heavy (non-hydrogen) atoms. The molecule has 0 aliphatic heterocycles. The van der Waals surface area contributed by atoms with E-state index in [-0.39, 0.29) is 0 Å². The average Bonchev–Trinajstić information content (AvgIpc) is 1.86. The molecule has 1 rings (SSSR count). The van der Waals surface area contributed by atoms with Crippen LogP contribution in [0, 0.1) is 6.42 Å². The molecule has 0 aromatic rings. The third kappa shape index (κ3) is 0.970. The van der Waals surface area contributed by atoms with Gasteiger partial charge in [0.05, 0.1) is 0 Å². The summed E-state index contributed by atoms with van der Waals surface area (Å²) >= 11 is 3.51. The van der Waals surface area contributed by atoms with Crippen LogP contribution in [0.3, 0.4) is 0 Å². The van der Waals surface area contributed by atoms with E-state index in [0.717, 1.165) is 4.83 Å². The quantitative estimate of drug-likeness (QED) is 0.461. The molecule has 0 N–H and O–H groups in total. The topological polar surface area (TPSA) is 0 Å². The summed E-state index contributed by atoms with van der Waals surface area (Å²) in [6.07, 6.45) is 6.27. The maximum atomic E-state index is 3.51. The first-order chi connectivity index (χ1) is 2.89. The Balaban J connectivity index is 2.18. The van der Waals surface area contributed by atoms with E-state index in [2.05, 4.69) is 22.4 Å². The number of alkyl halides is 1. The SMILES string of the molecule is BrC1C[CH]CC1. The third-order valence-corrected chi connectivity index (χ3v) is 1.94. The van der Waals surface area contributed by atoms with Gasteiger partial charge in [0.15, 0.2) is 0 Å². The molecule has 0 amide bonds. The van der Waals surface area contributed by atoms with E-state index in [1.807, 2.05) is 0 Å². The molecule has 1 atom stereocenters. The minimum absolute atomic E-state index is 0.803. The molecular weight excluding hydrogens is 140 g/mol. The third-order valence-electron chi connectivity index (χ3n) is 1.11. The molecule has 1 radical (unpaired) electrons. The fourth-order valence-corrected chi connectivity index (χ4v) is 1.24. The van der Waals surface area contributed by atoms with E-state index >= 15 is 0 Å². The molecule has 0 heterocycles. The number of halogens is 1. The standard InChI is InChI=1S/C5H8Br/c6-5-3-1-2-4-5/h1,5H,2-4H2. The molecular formula is C5H8Br. The van der Waals surface area contributed by atoms with Crippen LogP contribution < -0.4 is 0 Å². The van der Waals surface area contributed by atoms with Crippen LogP contribution in [0.15, 0.2) is 0 Å². The smallest absolute Gasteiger partial charge is 0.0148 e. The Morgan fingerprint density at radius 1 is 1.67 bits per heavy atom. The van der Waals surface area contributed by atoms with Crippen LogP contribution in [0.5, 0.6) is 0 Å². The second-order valence-electron chi connectivity index (χ2n) is 1.70. The van der Waals surface area contributed by atoms with Crippen molar-refractivity contribution in [2.75, 3.05) is 0 Å². The van der Waals surface area contributed by atoms with Crippen LogP contribution in [-0.2, 0) is 0 Å². The van der Waals surface area contributed by atoms with Gasteiger partial charge in [-0.05, 0) is 25.7 Å². The highest BCUT2D eigenvalue weighted by Gasteiger charge is 2.09. The van der Waals surface area contributed by atoms with Crippen molar-refractivity contribution in [3.8, 4) is 0 Å². The van der Waals surface area contributed by atoms with Crippen molar-refractivity contribution < 1.29 is 0 Å². The van der Waals surface area contributed by atoms with Crippen LogP contribution in [0.4, 0.5) is 0 Å². The molecule has 1 aliphatic rings. The molecule has 0 spiro atoms. The van der Waals surface area contributed by atoms with Crippen molar-refractivity contribution in [2.45, 2.75) is 24.1 Å². The highest BCUT2D eigenvalue weighted by Crippen LogP contribution is 2.22. The monoisotopic (exact) mass is 147 g/mol. The van der Waals surface area contributed by atoms with E-state index in [1.165, 1.54) is 19.3 Å². The summed E-state index contributed by atoms with van der Waals surface area (Å²) < 4.78 is 0. The number of rotatable bonds is 0. The van der Waals surface area contributed by atoms with Crippen molar-refractivity contribution >= 4 is 15.9 Å². The fourth-order valence-electron chi connectivity index (χ4n) is 0.715. The van der Waals surface area contributed by atoms with E-state index in [4.69, 9.17) is 0 Å². The van der Waals surface area contributed by atoms with Crippen molar-refractivity contribution in [3.05, 3.63) is 6.42 Å². The maximum Gasteiger partial charge on any atom is 0.0148 e. The molecule has 0 nitrogen and oxygen atoms in total. The molecule has 1 heteroatoms. The zero-order valence-corrected chi connectivity index (χ0v) is 5.24. The zero-order chi connectivity index (χ0) is 4.41. The Hall–Kier alpha value is 0.480. The lowest BCUT2D eigenvalue weighted by Gasteiger charge is -1.88. The molecule has 1 fully saturated rings. The lowest BCUT2D eigenvalue weighted by atomic mass is 10.4. The predicted octanol–water partition coefficient (Wildman–Crippen LogP) is 2.14. The largest absolute Gasteiger partial charge is 0.0891 e. The zero-order valence-electron chi connectivity index (χ0n) is 3.65. The van der Waals surface area contributed by atoms with Gasteiger partial charge < -0.3 is 0 Å². The summed E-state index contributed by atoms with van der Waals surface area (Å²) in [5, 5.41) is 0. The summed E-state index contributed by atoms with van der Waals surface area (Å²) in [6.45, 7) is 0. The predicted molar refractivity (Wildman–Crippen MR) is 30.9 cm³/mol. The van der Waals surface area contributed by atoms with E-state index in [1.54, 1.807) is 0 Å². The second kappa shape index (κ2) is 1.97. The van der Waals surface area contributed by atoms with Crippen molar-refractivity contribution in [1.29, 1.82) is 0 Å². The van der Waals surface area contributed by atoms with Crippen molar-refractivity contribution in [1.82, 2.24) is 0 Å². The van der Waals surface area contributed by atoms with Gasteiger partial charge in [0, 0.05) is 4.83 Å². The lowest BCUT2D eigenvalue weighted by Crippen LogP contribution is -1.82. The molecule has 0 bridgehead atoms. The van der Waals surface area contributed by atoms with Gasteiger partial charge in [0.25, 0.3) is 0 Å². The minimum atomic E-state index is 0.803. The summed E-state index contributed by atoms with van der Waals surface area (Å²) in [6, 6.07) is 0. The van der Waals surface area contributed by atoms with Gasteiger partial charge in [0.2, 0.25) is 0 Å².